The summed E-state index contributed by atoms with van der Waals surface area (Å²) in [6.45, 7) is 4.48. The van der Waals surface area contributed by atoms with Gasteiger partial charge in [0.1, 0.15) is 5.76 Å². The lowest BCUT2D eigenvalue weighted by molar-refractivity contribution is -0.119. The summed E-state index contributed by atoms with van der Waals surface area (Å²) in [7, 11) is 0. The highest BCUT2D eigenvalue weighted by Gasteiger charge is 2.18. The normalized spacial score (nSPS) is 12.0. The summed E-state index contributed by atoms with van der Waals surface area (Å²) in [5.74, 6) is 0.632. The predicted molar refractivity (Wildman–Crippen MR) is 91.4 cm³/mol. The Morgan fingerprint density at radius 2 is 1.83 bits per heavy atom. The van der Waals surface area contributed by atoms with E-state index in [1.165, 1.54) is 0 Å². The molecule has 6 nitrogen and oxygen atoms in total. The van der Waals surface area contributed by atoms with Gasteiger partial charge in [0.15, 0.2) is 0 Å². The number of hydrogen-bond acceptors (Lipinski definition) is 4. The quantitative estimate of drug-likeness (QED) is 0.728. The summed E-state index contributed by atoms with van der Waals surface area (Å²) in [5, 5.41) is 8.07. The number of furan rings is 1. The van der Waals surface area contributed by atoms with E-state index in [1.807, 2.05) is 50.2 Å². The second-order valence-corrected chi connectivity index (χ2v) is 5.89. The van der Waals surface area contributed by atoms with E-state index in [2.05, 4.69) is 16.0 Å². The lowest BCUT2D eigenvalue weighted by atomic mass is 10.0. The van der Waals surface area contributed by atoms with Crippen molar-refractivity contribution in [2.75, 3.05) is 13.1 Å². The number of urea groups is 1. The van der Waals surface area contributed by atoms with Crippen molar-refractivity contribution in [3.63, 3.8) is 0 Å². The van der Waals surface area contributed by atoms with Crippen LogP contribution in [0.3, 0.4) is 0 Å². The van der Waals surface area contributed by atoms with Crippen LogP contribution in [0.15, 0.2) is 53.1 Å². The Bertz CT molecular complexity index is 639. The highest BCUT2D eigenvalue weighted by molar-refractivity contribution is 5.95. The summed E-state index contributed by atoms with van der Waals surface area (Å²) >= 11 is 0. The lowest BCUT2D eigenvalue weighted by Crippen LogP contribution is -2.44. The average molecular weight is 329 g/mol. The van der Waals surface area contributed by atoms with Crippen molar-refractivity contribution in [3.8, 4) is 0 Å². The molecule has 6 heteroatoms. The van der Waals surface area contributed by atoms with Crippen molar-refractivity contribution in [2.24, 2.45) is 5.92 Å². The number of nitrogens with one attached hydrogen (secondary N) is 3. The van der Waals surface area contributed by atoms with E-state index in [1.54, 1.807) is 12.3 Å². The van der Waals surface area contributed by atoms with Crippen LogP contribution in [-0.4, -0.2) is 25.0 Å². The topological polar surface area (TPSA) is 83.4 Å². The molecule has 0 spiro atoms. The van der Waals surface area contributed by atoms with Gasteiger partial charge >= 0.3 is 6.03 Å². The van der Waals surface area contributed by atoms with Crippen molar-refractivity contribution in [1.82, 2.24) is 16.0 Å². The van der Waals surface area contributed by atoms with Gasteiger partial charge in [0, 0.05) is 6.54 Å². The highest BCUT2D eigenvalue weighted by atomic mass is 16.3. The lowest BCUT2D eigenvalue weighted by Gasteiger charge is -2.17. The van der Waals surface area contributed by atoms with E-state index in [0.29, 0.717) is 18.2 Å². The van der Waals surface area contributed by atoms with Crippen molar-refractivity contribution in [2.45, 2.75) is 19.9 Å². The molecule has 0 aliphatic rings. The average Bonchev–Trinajstić information content (AvgIpc) is 3.08. The van der Waals surface area contributed by atoms with Crippen LogP contribution in [0.5, 0.6) is 0 Å². The third-order valence-corrected chi connectivity index (χ3v) is 3.35. The number of benzene rings is 1. The van der Waals surface area contributed by atoms with Crippen LogP contribution in [-0.2, 0) is 4.79 Å². The molecule has 0 unspecified atom stereocenters. The van der Waals surface area contributed by atoms with Crippen LogP contribution < -0.4 is 16.0 Å². The Balaban J connectivity index is 1.91. The fourth-order valence-corrected chi connectivity index (χ4v) is 2.19. The summed E-state index contributed by atoms with van der Waals surface area (Å²) in [5.41, 5.74) is 0.976. The number of rotatable bonds is 7. The molecule has 24 heavy (non-hydrogen) atoms. The molecule has 0 radical (unpaired) electrons. The molecule has 1 atom stereocenters. The molecular weight excluding hydrogens is 306 g/mol. The predicted octanol–water partition coefficient (Wildman–Crippen LogP) is 2.44. The van der Waals surface area contributed by atoms with Crippen LogP contribution in [0, 0.1) is 5.92 Å². The van der Waals surface area contributed by atoms with E-state index in [4.69, 9.17) is 4.42 Å². The van der Waals surface area contributed by atoms with Gasteiger partial charge in [0.2, 0.25) is 5.91 Å². The molecule has 1 aromatic heterocycles. The first-order valence-corrected chi connectivity index (χ1v) is 7.95. The van der Waals surface area contributed by atoms with E-state index in [9.17, 15) is 9.59 Å². The monoisotopic (exact) mass is 329 g/mol. The van der Waals surface area contributed by atoms with Crippen LogP contribution in [0.25, 0.3) is 0 Å². The van der Waals surface area contributed by atoms with Gasteiger partial charge in [0.05, 0.1) is 18.8 Å². The smallest absolute Gasteiger partial charge is 0.321 e. The van der Waals surface area contributed by atoms with Gasteiger partial charge in [-0.05, 0) is 23.6 Å². The third kappa shape index (κ3) is 5.55. The minimum atomic E-state index is -0.482. The Hall–Kier alpha value is -2.60. The van der Waals surface area contributed by atoms with Crippen LogP contribution in [0.4, 0.5) is 4.79 Å². The van der Waals surface area contributed by atoms with E-state index < -0.39 is 11.9 Å². The second kappa shape index (κ2) is 8.88. The molecule has 3 N–H and O–H groups in total. The summed E-state index contributed by atoms with van der Waals surface area (Å²) in [4.78, 5) is 23.6. The van der Waals surface area contributed by atoms with E-state index >= 15 is 0 Å². The SMILES string of the molecule is CC(C)CNC(=O)NC(=O)CN[C@H](c1ccccc1)c1ccco1. The zero-order valence-corrected chi connectivity index (χ0v) is 13.9. The maximum absolute atomic E-state index is 11.9. The summed E-state index contributed by atoms with van der Waals surface area (Å²) in [6.07, 6.45) is 1.59. The van der Waals surface area contributed by atoms with Crippen LogP contribution >= 0.6 is 0 Å². The number of hydrogen-bond donors (Lipinski definition) is 3. The Kier molecular flexibility index (Phi) is 6.57. The van der Waals surface area contributed by atoms with Gasteiger partial charge in [-0.1, -0.05) is 44.2 Å². The summed E-state index contributed by atoms with van der Waals surface area (Å²) < 4.78 is 5.45. The zero-order chi connectivity index (χ0) is 17.4. The van der Waals surface area contributed by atoms with Crippen molar-refractivity contribution < 1.29 is 14.0 Å². The van der Waals surface area contributed by atoms with E-state index in [-0.39, 0.29) is 12.6 Å². The first-order chi connectivity index (χ1) is 11.6. The molecule has 1 heterocycles. The maximum atomic E-state index is 11.9. The number of amides is 3. The van der Waals surface area contributed by atoms with Crippen LogP contribution in [0.2, 0.25) is 0 Å². The van der Waals surface area contributed by atoms with Gasteiger partial charge in [-0.3, -0.25) is 15.4 Å². The van der Waals surface area contributed by atoms with Gasteiger partial charge in [-0.25, -0.2) is 4.79 Å². The maximum Gasteiger partial charge on any atom is 0.321 e. The fourth-order valence-electron chi connectivity index (χ4n) is 2.19. The first-order valence-electron chi connectivity index (χ1n) is 7.95. The van der Waals surface area contributed by atoms with Gasteiger partial charge in [-0.15, -0.1) is 0 Å². The van der Waals surface area contributed by atoms with Gasteiger partial charge in [0.25, 0.3) is 0 Å². The minimum Gasteiger partial charge on any atom is -0.467 e. The molecule has 0 saturated carbocycles. The highest BCUT2D eigenvalue weighted by Crippen LogP contribution is 2.21. The first kappa shape index (κ1) is 17.7. The number of carbonyl (C=O) groups is 2. The minimum absolute atomic E-state index is 0.00460. The molecule has 128 valence electrons. The molecule has 3 amide bonds. The Morgan fingerprint density at radius 3 is 2.46 bits per heavy atom. The molecule has 0 aliphatic heterocycles. The second-order valence-electron chi connectivity index (χ2n) is 5.89. The molecular formula is C18H23N3O3. The van der Waals surface area contributed by atoms with Gasteiger partial charge < -0.3 is 9.73 Å². The third-order valence-electron chi connectivity index (χ3n) is 3.35. The van der Waals surface area contributed by atoms with Crippen LogP contribution in [0.1, 0.15) is 31.2 Å². The molecule has 0 fully saturated rings. The molecule has 0 bridgehead atoms. The molecule has 0 saturated heterocycles. The Morgan fingerprint density at radius 1 is 1.08 bits per heavy atom. The largest absolute Gasteiger partial charge is 0.467 e. The van der Waals surface area contributed by atoms with Gasteiger partial charge in [-0.2, -0.15) is 0 Å². The summed E-state index contributed by atoms with van der Waals surface area (Å²) in [6, 6.07) is 12.6. The standard InChI is InChI=1S/C18H23N3O3/c1-13(2)11-20-18(23)21-16(22)12-19-17(15-9-6-10-24-15)14-7-4-3-5-8-14/h3-10,13,17,19H,11-12H2,1-2H3,(H2,20,21,22,23)/t17-/m1/s1. The zero-order valence-electron chi connectivity index (χ0n) is 13.9. The van der Waals surface area contributed by atoms with Crippen molar-refractivity contribution in [1.29, 1.82) is 0 Å². The van der Waals surface area contributed by atoms with Crippen molar-refractivity contribution in [3.05, 3.63) is 60.1 Å². The Labute approximate surface area is 141 Å². The number of imide groups is 1. The molecule has 2 rings (SSSR count). The molecule has 0 aliphatic carbocycles. The molecule has 1 aromatic carbocycles. The molecule has 2 aromatic rings. The van der Waals surface area contributed by atoms with E-state index in [0.717, 1.165) is 5.56 Å². The number of carbonyl (C=O) groups excluding carboxylic acids is 2. The van der Waals surface area contributed by atoms with Crippen molar-refractivity contribution >= 4 is 11.9 Å². The fraction of sp³-hybridized carbons (Fsp3) is 0.333.